The molecule has 0 saturated carbocycles. The Labute approximate surface area is 186 Å². The summed E-state index contributed by atoms with van der Waals surface area (Å²) in [4.78, 5) is 11.7. The number of hydrogen-bond donors (Lipinski definition) is 1. The molecule has 0 aliphatic rings. The van der Waals surface area contributed by atoms with Gasteiger partial charge in [0.15, 0.2) is 5.78 Å². The summed E-state index contributed by atoms with van der Waals surface area (Å²) >= 11 is 16.8. The van der Waals surface area contributed by atoms with E-state index in [9.17, 15) is 13.6 Å². The molecule has 6 heteroatoms. The molecule has 0 spiro atoms. The minimum absolute atomic E-state index is 0.0353. The van der Waals surface area contributed by atoms with Crippen LogP contribution in [0.4, 0.5) is 8.78 Å². The van der Waals surface area contributed by atoms with E-state index < -0.39 is 10.7 Å². The van der Waals surface area contributed by atoms with E-state index in [1.54, 1.807) is 38.1 Å². The molecule has 2 rings (SSSR count). The fraction of sp³-hybridized carbons (Fsp3) is 0.348. The monoisotopic (exact) mass is 456 g/mol. The van der Waals surface area contributed by atoms with Crippen LogP contribution in [0.1, 0.15) is 59.8 Å². The Bertz CT molecular complexity index is 956. The van der Waals surface area contributed by atoms with Gasteiger partial charge < -0.3 is 0 Å². The van der Waals surface area contributed by atoms with Crippen molar-refractivity contribution in [3.63, 3.8) is 0 Å². The van der Waals surface area contributed by atoms with Gasteiger partial charge in [-0.15, -0.1) is 0 Å². The second-order valence-corrected chi connectivity index (χ2v) is 8.96. The Hall–Kier alpha value is -1.36. The van der Waals surface area contributed by atoms with E-state index in [0.717, 1.165) is 18.1 Å². The predicted octanol–water partition coefficient (Wildman–Crippen LogP) is 8.09. The van der Waals surface area contributed by atoms with Gasteiger partial charge in [-0.1, -0.05) is 53.5 Å². The molecule has 2 aromatic carbocycles. The smallest absolute Gasteiger partial charge is 0.263 e. The highest BCUT2D eigenvalue weighted by Crippen LogP contribution is 2.50. The number of ketones is 1. The number of allylic oxidation sites excluding steroid dienone is 2. The molecule has 0 heterocycles. The van der Waals surface area contributed by atoms with Gasteiger partial charge >= 0.3 is 0 Å². The number of thiol groups is 1. The van der Waals surface area contributed by atoms with E-state index in [1.807, 2.05) is 13.0 Å². The second kappa shape index (κ2) is 8.79. The van der Waals surface area contributed by atoms with Crippen LogP contribution in [0.2, 0.25) is 10.0 Å². The first kappa shape index (κ1) is 23.9. The van der Waals surface area contributed by atoms with Crippen molar-refractivity contribution in [1.29, 1.82) is 0 Å². The Morgan fingerprint density at radius 2 is 1.76 bits per heavy atom. The highest BCUT2D eigenvalue weighted by atomic mass is 35.5. The summed E-state index contributed by atoms with van der Waals surface area (Å²) < 4.78 is 27.9. The zero-order chi connectivity index (χ0) is 22.1. The summed E-state index contributed by atoms with van der Waals surface area (Å²) in [5.74, 6) is -3.19. The number of rotatable bonds is 6. The zero-order valence-electron chi connectivity index (χ0n) is 17.0. The maximum atomic E-state index is 14.9. The zero-order valence-corrected chi connectivity index (χ0v) is 19.4. The van der Waals surface area contributed by atoms with Gasteiger partial charge in [-0.05, 0) is 68.0 Å². The third-order valence-electron chi connectivity index (χ3n) is 5.19. The maximum absolute atomic E-state index is 14.9. The van der Waals surface area contributed by atoms with Crippen LogP contribution in [0, 0.1) is 13.8 Å². The van der Waals surface area contributed by atoms with Crippen LogP contribution >= 0.6 is 35.8 Å². The minimum Gasteiger partial charge on any atom is -0.295 e. The third-order valence-corrected chi connectivity index (χ3v) is 6.89. The van der Waals surface area contributed by atoms with Gasteiger partial charge in [0.1, 0.15) is 4.75 Å². The molecule has 0 bridgehead atoms. The molecule has 1 nitrogen and oxygen atoms in total. The standard InChI is InChI=1S/C23H24Cl2F2OS/c1-6-16(17-7-8-19(15(4)28)13(2)9-17)12-23(29,22(5,26)27)18-10-14(3)21(25)20(24)11-18/h6-11,29H,12H2,1-5H3/b16-6+. The van der Waals surface area contributed by atoms with Crippen LogP contribution in [0.5, 0.6) is 0 Å². The van der Waals surface area contributed by atoms with E-state index in [-0.39, 0.29) is 17.2 Å². The van der Waals surface area contributed by atoms with Crippen LogP contribution < -0.4 is 0 Å². The van der Waals surface area contributed by atoms with Crippen molar-refractivity contribution < 1.29 is 13.6 Å². The molecule has 0 aliphatic carbocycles. The van der Waals surface area contributed by atoms with Crippen LogP contribution in [-0.2, 0) is 4.75 Å². The van der Waals surface area contributed by atoms with Crippen molar-refractivity contribution in [2.24, 2.45) is 0 Å². The lowest BCUT2D eigenvalue weighted by molar-refractivity contribution is -0.0205. The number of Topliss-reactive ketones (excluding diaryl/α,β-unsaturated/α-hetero) is 1. The van der Waals surface area contributed by atoms with Crippen LogP contribution in [0.15, 0.2) is 36.4 Å². The third kappa shape index (κ3) is 4.87. The van der Waals surface area contributed by atoms with Crippen molar-refractivity contribution >= 4 is 47.2 Å². The van der Waals surface area contributed by atoms with Gasteiger partial charge in [0, 0.05) is 12.5 Å². The van der Waals surface area contributed by atoms with Gasteiger partial charge in [-0.2, -0.15) is 12.6 Å². The van der Waals surface area contributed by atoms with Crippen molar-refractivity contribution in [1.82, 2.24) is 0 Å². The summed E-state index contributed by atoms with van der Waals surface area (Å²) in [7, 11) is 0. The molecular weight excluding hydrogens is 433 g/mol. The molecule has 0 radical (unpaired) electrons. The van der Waals surface area contributed by atoms with Gasteiger partial charge in [0.25, 0.3) is 5.92 Å². The van der Waals surface area contributed by atoms with Gasteiger partial charge in [0.05, 0.1) is 10.0 Å². The normalized spacial score (nSPS) is 14.6. The Balaban J connectivity index is 2.57. The quantitative estimate of drug-likeness (QED) is 0.343. The fourth-order valence-corrected chi connectivity index (χ4v) is 4.06. The van der Waals surface area contributed by atoms with Crippen LogP contribution in [0.3, 0.4) is 0 Å². The van der Waals surface area contributed by atoms with Gasteiger partial charge in [-0.25, -0.2) is 8.78 Å². The number of hydrogen-bond acceptors (Lipinski definition) is 2. The molecule has 0 amide bonds. The maximum Gasteiger partial charge on any atom is 0.263 e. The first-order valence-corrected chi connectivity index (χ1v) is 10.4. The Kier molecular flexibility index (Phi) is 7.25. The first-order chi connectivity index (χ1) is 13.3. The van der Waals surface area contributed by atoms with Gasteiger partial charge in [0.2, 0.25) is 0 Å². The number of alkyl halides is 2. The highest BCUT2D eigenvalue weighted by molar-refractivity contribution is 7.81. The summed E-state index contributed by atoms with van der Waals surface area (Å²) in [6, 6.07) is 8.41. The molecule has 1 atom stereocenters. The molecule has 0 fully saturated rings. The van der Waals surface area contributed by atoms with E-state index >= 15 is 0 Å². The first-order valence-electron chi connectivity index (χ1n) is 9.15. The predicted molar refractivity (Wildman–Crippen MR) is 122 cm³/mol. The van der Waals surface area contributed by atoms with E-state index in [1.165, 1.54) is 13.0 Å². The van der Waals surface area contributed by atoms with E-state index in [4.69, 9.17) is 23.2 Å². The van der Waals surface area contributed by atoms with Crippen molar-refractivity contribution in [3.05, 3.63) is 74.3 Å². The van der Waals surface area contributed by atoms with Crippen LogP contribution in [-0.4, -0.2) is 11.7 Å². The molecule has 156 valence electrons. The highest BCUT2D eigenvalue weighted by Gasteiger charge is 2.49. The van der Waals surface area contributed by atoms with Crippen LogP contribution in [0.25, 0.3) is 5.57 Å². The molecule has 0 saturated heterocycles. The average molecular weight is 457 g/mol. The topological polar surface area (TPSA) is 17.1 Å². The second-order valence-electron chi connectivity index (χ2n) is 7.41. The van der Waals surface area contributed by atoms with Crippen molar-refractivity contribution in [2.75, 3.05) is 0 Å². The Morgan fingerprint density at radius 3 is 2.21 bits per heavy atom. The SMILES string of the molecule is C/C=C(\CC(S)(c1cc(C)c(Cl)c(Cl)c1)C(C)(F)F)c1ccc(C(C)=O)c(C)c1. The number of halogens is 4. The molecule has 0 aromatic heterocycles. The lowest BCUT2D eigenvalue weighted by Crippen LogP contribution is -2.38. The van der Waals surface area contributed by atoms with Crippen molar-refractivity contribution in [3.8, 4) is 0 Å². The van der Waals surface area contributed by atoms with Crippen molar-refractivity contribution in [2.45, 2.75) is 51.7 Å². The lowest BCUT2D eigenvalue weighted by atomic mass is 9.83. The minimum atomic E-state index is -3.15. The summed E-state index contributed by atoms with van der Waals surface area (Å²) in [5.41, 5.74) is 3.80. The number of carbonyl (C=O) groups excluding carboxylic acids is 1. The largest absolute Gasteiger partial charge is 0.295 e. The number of benzene rings is 2. The fourth-order valence-electron chi connectivity index (χ4n) is 3.38. The van der Waals surface area contributed by atoms with E-state index in [0.29, 0.717) is 27.3 Å². The summed E-state index contributed by atoms with van der Waals surface area (Å²) in [6.07, 6.45) is 1.76. The van der Waals surface area contributed by atoms with E-state index in [2.05, 4.69) is 12.6 Å². The molecule has 0 aliphatic heterocycles. The Morgan fingerprint density at radius 1 is 1.14 bits per heavy atom. The summed E-state index contributed by atoms with van der Waals surface area (Å²) in [5, 5.41) is 0.556. The molecule has 2 aromatic rings. The average Bonchev–Trinajstić information content (AvgIpc) is 2.62. The number of aryl methyl sites for hydroxylation is 2. The molecule has 0 N–H and O–H groups in total. The summed E-state index contributed by atoms with van der Waals surface area (Å²) in [6.45, 7) is 7.71. The molecule has 29 heavy (non-hydrogen) atoms. The van der Waals surface area contributed by atoms with Gasteiger partial charge in [-0.3, -0.25) is 4.79 Å². The lowest BCUT2D eigenvalue weighted by Gasteiger charge is -2.36. The number of carbonyl (C=O) groups is 1. The molecular formula is C23H24Cl2F2OS. The molecule has 1 unspecified atom stereocenters.